The quantitative estimate of drug-likeness (QED) is 0.527. The summed E-state index contributed by atoms with van der Waals surface area (Å²) >= 11 is 0. The molecule has 7 heteroatoms. The van der Waals surface area contributed by atoms with Crippen LogP contribution in [0.15, 0.2) is 29.3 Å². The fourth-order valence-corrected chi connectivity index (χ4v) is 4.24. The summed E-state index contributed by atoms with van der Waals surface area (Å²) in [6.07, 6.45) is 2.36. The van der Waals surface area contributed by atoms with E-state index in [9.17, 15) is 5.11 Å². The van der Waals surface area contributed by atoms with Crippen LogP contribution in [0.2, 0.25) is 0 Å². The smallest absolute Gasteiger partial charge is 0.144 e. The predicted octanol–water partition coefficient (Wildman–Crippen LogP) is 1.93. The molecule has 2 atom stereocenters. The van der Waals surface area contributed by atoms with Crippen LogP contribution in [0.5, 0.6) is 0 Å². The van der Waals surface area contributed by atoms with Gasteiger partial charge >= 0.3 is 0 Å². The fourth-order valence-electron chi connectivity index (χ4n) is 4.24. The summed E-state index contributed by atoms with van der Waals surface area (Å²) in [6.45, 7) is 7.17. The Hall–Kier alpha value is -2.22. The number of aromatic nitrogens is 1. The van der Waals surface area contributed by atoms with Crippen molar-refractivity contribution in [2.75, 3.05) is 31.2 Å². The zero-order valence-electron chi connectivity index (χ0n) is 17.3. The summed E-state index contributed by atoms with van der Waals surface area (Å²) in [6, 6.07) is 9.27. The first-order chi connectivity index (χ1) is 14.0. The number of aliphatic hydroxyl groups excluding tert-OH is 1. The molecule has 0 amide bonds. The summed E-state index contributed by atoms with van der Waals surface area (Å²) in [5.74, 6) is 1.18. The average molecular weight is 398 g/mol. The molecule has 1 aromatic carbocycles. The molecular formula is C22H31N5O2. The number of nitrogens with zero attached hydrogens (tertiary/aromatic N) is 3. The normalized spacial score (nSPS) is 22.4. The highest BCUT2D eigenvalue weighted by Crippen LogP contribution is 2.27. The van der Waals surface area contributed by atoms with Crippen molar-refractivity contribution in [1.29, 1.82) is 0 Å². The Balaban J connectivity index is 1.59. The number of ether oxygens (including phenoxy) is 1. The summed E-state index contributed by atoms with van der Waals surface area (Å²) in [4.78, 5) is 11.4. The van der Waals surface area contributed by atoms with Gasteiger partial charge in [-0.25, -0.2) is 9.98 Å². The zero-order valence-corrected chi connectivity index (χ0v) is 17.3. The van der Waals surface area contributed by atoms with Gasteiger partial charge < -0.3 is 25.8 Å². The van der Waals surface area contributed by atoms with Crippen molar-refractivity contribution in [3.63, 3.8) is 0 Å². The van der Waals surface area contributed by atoms with Gasteiger partial charge in [0.1, 0.15) is 17.9 Å². The van der Waals surface area contributed by atoms with Crippen molar-refractivity contribution < 1.29 is 9.84 Å². The number of aryl methyl sites for hydroxylation is 1. The molecule has 0 radical (unpaired) electrons. The zero-order chi connectivity index (χ0) is 20.4. The van der Waals surface area contributed by atoms with Crippen LogP contribution in [0.4, 0.5) is 5.82 Å². The maximum Gasteiger partial charge on any atom is 0.144 e. The van der Waals surface area contributed by atoms with E-state index in [0.717, 1.165) is 67.8 Å². The highest BCUT2D eigenvalue weighted by atomic mass is 16.5. The Labute approximate surface area is 172 Å². The lowest BCUT2D eigenvalue weighted by Crippen LogP contribution is -2.47. The molecule has 29 heavy (non-hydrogen) atoms. The summed E-state index contributed by atoms with van der Waals surface area (Å²) in [5.41, 5.74) is 9.18. The molecule has 156 valence electrons. The van der Waals surface area contributed by atoms with Crippen LogP contribution in [0.3, 0.4) is 0 Å². The highest BCUT2D eigenvalue weighted by Gasteiger charge is 2.26. The second kappa shape index (κ2) is 8.65. The van der Waals surface area contributed by atoms with Crippen LogP contribution in [0, 0.1) is 6.92 Å². The third-order valence-electron chi connectivity index (χ3n) is 5.75. The van der Waals surface area contributed by atoms with Crippen molar-refractivity contribution in [2.24, 2.45) is 10.7 Å². The number of amidine groups is 1. The predicted molar refractivity (Wildman–Crippen MR) is 116 cm³/mol. The molecule has 4 N–H and O–H groups in total. The minimum atomic E-state index is -0.848. The SMILES string of the molecule is Cc1ccc2nc(N3CCC(NC4CCOC4)CC3)c(C(N)=NC(C)O)cc2c1. The number of pyridine rings is 1. The molecule has 3 heterocycles. The monoisotopic (exact) mass is 397 g/mol. The lowest BCUT2D eigenvalue weighted by Gasteiger charge is -2.35. The molecule has 2 unspecified atom stereocenters. The summed E-state index contributed by atoms with van der Waals surface area (Å²) < 4.78 is 5.48. The molecule has 2 aliphatic heterocycles. The van der Waals surface area contributed by atoms with Gasteiger partial charge in [0.25, 0.3) is 0 Å². The number of fused-ring (bicyclic) bond motifs is 1. The van der Waals surface area contributed by atoms with Crippen molar-refractivity contribution in [2.45, 2.75) is 51.4 Å². The first-order valence-corrected chi connectivity index (χ1v) is 10.5. The Kier molecular flexibility index (Phi) is 5.99. The van der Waals surface area contributed by atoms with Crippen LogP contribution in [0.1, 0.15) is 37.3 Å². The van der Waals surface area contributed by atoms with E-state index in [2.05, 4.69) is 34.3 Å². The summed E-state index contributed by atoms with van der Waals surface area (Å²) in [7, 11) is 0. The Bertz CT molecular complexity index is 884. The molecule has 7 nitrogen and oxygen atoms in total. The third-order valence-corrected chi connectivity index (χ3v) is 5.75. The van der Waals surface area contributed by atoms with Gasteiger partial charge in [0.15, 0.2) is 0 Å². The van der Waals surface area contributed by atoms with Crippen LogP contribution in [-0.4, -0.2) is 60.5 Å². The highest BCUT2D eigenvalue weighted by molar-refractivity contribution is 6.04. The maximum absolute atomic E-state index is 9.69. The van der Waals surface area contributed by atoms with Crippen molar-refractivity contribution in [3.05, 3.63) is 35.4 Å². The van der Waals surface area contributed by atoms with Crippen LogP contribution < -0.4 is 16.0 Å². The molecule has 0 aliphatic carbocycles. The topological polar surface area (TPSA) is 96.0 Å². The standard InChI is InChI=1S/C22H31N5O2/c1-14-3-4-20-16(11-14)12-19(21(23)24-15(2)28)22(26-20)27-8-5-17(6-9-27)25-18-7-10-29-13-18/h3-4,11-12,15,17-18,25,28H,5-10,13H2,1-2H3,(H2,23,24). The molecule has 2 aliphatic rings. The lowest BCUT2D eigenvalue weighted by atomic mass is 10.0. The lowest BCUT2D eigenvalue weighted by molar-refractivity contribution is 0.186. The number of piperidine rings is 1. The maximum atomic E-state index is 9.69. The number of nitrogens with two attached hydrogens (primary N) is 1. The molecule has 2 saturated heterocycles. The third kappa shape index (κ3) is 4.69. The molecule has 2 aromatic rings. The molecule has 0 spiro atoms. The molecular weight excluding hydrogens is 366 g/mol. The number of hydrogen-bond donors (Lipinski definition) is 3. The van der Waals surface area contributed by atoms with E-state index >= 15 is 0 Å². The molecule has 1 aromatic heterocycles. The number of aliphatic imine (C=N–C) groups is 1. The molecule has 0 saturated carbocycles. The number of nitrogens with one attached hydrogen (secondary N) is 1. The van der Waals surface area contributed by atoms with Gasteiger partial charge in [-0.2, -0.15) is 0 Å². The van der Waals surface area contributed by atoms with Gasteiger partial charge in [-0.3, -0.25) is 0 Å². The Morgan fingerprint density at radius 3 is 2.76 bits per heavy atom. The van der Waals surface area contributed by atoms with Gasteiger partial charge in [0.2, 0.25) is 0 Å². The van der Waals surface area contributed by atoms with E-state index in [1.807, 2.05) is 12.1 Å². The number of hydrogen-bond acceptors (Lipinski definition) is 6. The van der Waals surface area contributed by atoms with Gasteiger partial charge in [0.05, 0.1) is 17.7 Å². The molecule has 0 bridgehead atoms. The van der Waals surface area contributed by atoms with Crippen molar-refractivity contribution in [1.82, 2.24) is 10.3 Å². The first-order valence-electron chi connectivity index (χ1n) is 10.5. The van der Waals surface area contributed by atoms with Gasteiger partial charge in [-0.05, 0) is 51.3 Å². The minimum Gasteiger partial charge on any atom is -0.383 e. The van der Waals surface area contributed by atoms with E-state index in [1.54, 1.807) is 6.92 Å². The fraction of sp³-hybridized carbons (Fsp3) is 0.545. The van der Waals surface area contributed by atoms with Crippen LogP contribution in [0.25, 0.3) is 10.9 Å². The minimum absolute atomic E-state index is 0.328. The number of aliphatic hydroxyl groups is 1. The average Bonchev–Trinajstić information content (AvgIpc) is 3.20. The van der Waals surface area contributed by atoms with Gasteiger partial charge in [-0.1, -0.05) is 11.6 Å². The van der Waals surface area contributed by atoms with E-state index in [-0.39, 0.29) is 0 Å². The van der Waals surface area contributed by atoms with Crippen LogP contribution >= 0.6 is 0 Å². The van der Waals surface area contributed by atoms with E-state index < -0.39 is 6.23 Å². The summed E-state index contributed by atoms with van der Waals surface area (Å²) in [5, 5.41) is 14.5. The van der Waals surface area contributed by atoms with Gasteiger partial charge in [0, 0.05) is 37.2 Å². The first kappa shape index (κ1) is 20.1. The Morgan fingerprint density at radius 1 is 1.28 bits per heavy atom. The molecule has 4 rings (SSSR count). The number of anilines is 1. The largest absolute Gasteiger partial charge is 0.383 e. The second-order valence-electron chi connectivity index (χ2n) is 8.19. The second-order valence-corrected chi connectivity index (χ2v) is 8.19. The van der Waals surface area contributed by atoms with E-state index in [0.29, 0.717) is 17.9 Å². The Morgan fingerprint density at radius 2 is 2.07 bits per heavy atom. The number of benzene rings is 1. The van der Waals surface area contributed by atoms with Crippen molar-refractivity contribution >= 4 is 22.6 Å². The van der Waals surface area contributed by atoms with Crippen molar-refractivity contribution in [3.8, 4) is 0 Å². The van der Waals surface area contributed by atoms with E-state index in [4.69, 9.17) is 15.5 Å². The van der Waals surface area contributed by atoms with Gasteiger partial charge in [-0.15, -0.1) is 0 Å². The van der Waals surface area contributed by atoms with E-state index in [1.165, 1.54) is 5.56 Å². The van der Waals surface area contributed by atoms with Crippen LogP contribution in [-0.2, 0) is 4.74 Å². The number of rotatable bonds is 5. The molecule has 2 fully saturated rings.